The third-order valence-corrected chi connectivity index (χ3v) is 8.03. The number of amides is 3. The highest BCUT2D eigenvalue weighted by Gasteiger charge is 2.32. The molecule has 3 N–H and O–H groups in total. The quantitative estimate of drug-likeness (QED) is 0.554. The Morgan fingerprint density at radius 1 is 1.00 bits per heavy atom. The predicted molar refractivity (Wildman–Crippen MR) is 126 cm³/mol. The second kappa shape index (κ2) is 9.92. The molecule has 178 valence electrons. The van der Waals surface area contributed by atoms with Crippen molar-refractivity contribution in [1.82, 2.24) is 15.8 Å². The van der Waals surface area contributed by atoms with Crippen LogP contribution >= 0.6 is 11.3 Å². The maximum Gasteiger partial charge on any atom is 0.271 e. The summed E-state index contributed by atoms with van der Waals surface area (Å²) in [6, 6.07) is 9.23. The molecular formula is C22H28N4O5S2. The van der Waals surface area contributed by atoms with Crippen molar-refractivity contribution in [3.8, 4) is 0 Å². The summed E-state index contributed by atoms with van der Waals surface area (Å²) >= 11 is 1.06. The van der Waals surface area contributed by atoms with Gasteiger partial charge in [0.1, 0.15) is 4.21 Å². The standard InChI is InChI=1S/C22H28N4O5S2/c1-22(2,3)21(29)26-12-10-15(11-13-26)19(27)23-24-20(28)16-7-4-5-8-17(16)25-33(30,31)18-9-6-14-32-18/h4-9,14-15,25H,10-13H2,1-3H3,(H,23,27)(H,24,28). The predicted octanol–water partition coefficient (Wildman–Crippen LogP) is 2.59. The van der Waals surface area contributed by atoms with Gasteiger partial charge in [-0.1, -0.05) is 39.0 Å². The molecule has 1 fully saturated rings. The van der Waals surface area contributed by atoms with Gasteiger partial charge >= 0.3 is 0 Å². The van der Waals surface area contributed by atoms with Gasteiger partial charge in [0.15, 0.2) is 0 Å². The minimum atomic E-state index is -3.83. The average Bonchev–Trinajstić information content (AvgIpc) is 3.32. The fraction of sp³-hybridized carbons (Fsp3) is 0.409. The fourth-order valence-corrected chi connectivity index (χ4v) is 5.56. The van der Waals surface area contributed by atoms with Crippen molar-refractivity contribution < 1.29 is 22.8 Å². The van der Waals surface area contributed by atoms with E-state index in [4.69, 9.17) is 0 Å². The van der Waals surface area contributed by atoms with E-state index < -0.39 is 21.3 Å². The van der Waals surface area contributed by atoms with E-state index in [9.17, 15) is 22.8 Å². The molecular weight excluding hydrogens is 464 g/mol. The van der Waals surface area contributed by atoms with Gasteiger partial charge in [0.05, 0.1) is 11.3 Å². The van der Waals surface area contributed by atoms with Crippen LogP contribution in [0, 0.1) is 11.3 Å². The number of para-hydroxylation sites is 1. The number of anilines is 1. The number of carbonyl (C=O) groups excluding carboxylic acids is 3. The zero-order chi connectivity index (χ0) is 24.2. The van der Waals surface area contributed by atoms with Crippen molar-refractivity contribution in [2.24, 2.45) is 11.3 Å². The summed E-state index contributed by atoms with van der Waals surface area (Å²) < 4.78 is 27.6. The molecule has 1 aliphatic heterocycles. The van der Waals surface area contributed by atoms with Crippen LogP contribution in [0.5, 0.6) is 0 Å². The molecule has 9 nitrogen and oxygen atoms in total. The Morgan fingerprint density at radius 2 is 1.67 bits per heavy atom. The summed E-state index contributed by atoms with van der Waals surface area (Å²) in [5, 5.41) is 1.65. The summed E-state index contributed by atoms with van der Waals surface area (Å²) in [4.78, 5) is 39.4. The van der Waals surface area contributed by atoms with Crippen LogP contribution in [-0.2, 0) is 19.6 Å². The summed E-state index contributed by atoms with van der Waals surface area (Å²) in [6.07, 6.45) is 1.00. The van der Waals surface area contributed by atoms with Gasteiger partial charge in [-0.05, 0) is 36.4 Å². The second-order valence-electron chi connectivity index (χ2n) is 8.84. The highest BCUT2D eigenvalue weighted by molar-refractivity contribution is 7.94. The Hall–Kier alpha value is -2.92. The Bertz CT molecular complexity index is 1120. The van der Waals surface area contributed by atoms with Crippen molar-refractivity contribution in [2.45, 2.75) is 37.8 Å². The molecule has 0 radical (unpaired) electrons. The molecule has 0 bridgehead atoms. The smallest absolute Gasteiger partial charge is 0.271 e. The van der Waals surface area contributed by atoms with Crippen LogP contribution in [0.2, 0.25) is 0 Å². The van der Waals surface area contributed by atoms with Crippen LogP contribution in [-0.4, -0.2) is 44.1 Å². The van der Waals surface area contributed by atoms with E-state index in [0.717, 1.165) is 11.3 Å². The van der Waals surface area contributed by atoms with Crippen molar-refractivity contribution in [1.29, 1.82) is 0 Å². The van der Waals surface area contributed by atoms with Crippen LogP contribution in [0.3, 0.4) is 0 Å². The minimum Gasteiger partial charge on any atom is -0.342 e. The number of benzene rings is 1. The minimum absolute atomic E-state index is 0.0521. The highest BCUT2D eigenvalue weighted by Crippen LogP contribution is 2.24. The Kier molecular flexibility index (Phi) is 7.43. The molecule has 3 amide bonds. The Balaban J connectivity index is 1.57. The first-order chi connectivity index (χ1) is 15.5. The largest absolute Gasteiger partial charge is 0.342 e. The zero-order valence-electron chi connectivity index (χ0n) is 18.8. The van der Waals surface area contributed by atoms with Crippen LogP contribution in [0.1, 0.15) is 44.0 Å². The average molecular weight is 493 g/mol. The SMILES string of the molecule is CC(C)(C)C(=O)N1CCC(C(=O)NNC(=O)c2ccccc2NS(=O)(=O)c2cccs2)CC1. The van der Waals surface area contributed by atoms with E-state index in [-0.39, 0.29) is 33.2 Å². The van der Waals surface area contributed by atoms with Gasteiger partial charge in [-0.15, -0.1) is 11.3 Å². The number of rotatable bonds is 5. The number of likely N-dealkylation sites (tertiary alicyclic amines) is 1. The van der Waals surface area contributed by atoms with E-state index in [1.165, 1.54) is 18.2 Å². The zero-order valence-corrected chi connectivity index (χ0v) is 20.4. The number of thiophene rings is 1. The third-order valence-electron chi connectivity index (χ3n) is 5.27. The molecule has 0 saturated carbocycles. The third kappa shape index (κ3) is 6.11. The van der Waals surface area contributed by atoms with E-state index in [1.54, 1.807) is 28.5 Å². The van der Waals surface area contributed by atoms with Crippen LogP contribution in [0.15, 0.2) is 46.0 Å². The number of carbonyl (C=O) groups is 3. The number of sulfonamides is 1. The summed E-state index contributed by atoms with van der Waals surface area (Å²) in [6.45, 7) is 6.55. The van der Waals surface area contributed by atoms with Gasteiger partial charge < -0.3 is 4.90 Å². The summed E-state index contributed by atoms with van der Waals surface area (Å²) in [7, 11) is -3.83. The van der Waals surface area contributed by atoms with Crippen LogP contribution < -0.4 is 15.6 Å². The van der Waals surface area contributed by atoms with Crippen molar-refractivity contribution in [3.63, 3.8) is 0 Å². The van der Waals surface area contributed by atoms with E-state index >= 15 is 0 Å². The van der Waals surface area contributed by atoms with Gasteiger partial charge in [-0.25, -0.2) is 8.42 Å². The first-order valence-corrected chi connectivity index (χ1v) is 12.9. The molecule has 11 heteroatoms. The maximum atomic E-state index is 12.7. The molecule has 1 aliphatic rings. The summed E-state index contributed by atoms with van der Waals surface area (Å²) in [5.74, 6) is -1.27. The van der Waals surface area contributed by atoms with Gasteiger partial charge in [0.2, 0.25) is 11.8 Å². The van der Waals surface area contributed by atoms with E-state index in [0.29, 0.717) is 25.9 Å². The highest BCUT2D eigenvalue weighted by atomic mass is 32.2. The Labute approximate surface area is 197 Å². The summed E-state index contributed by atoms with van der Waals surface area (Å²) in [5.41, 5.74) is 4.49. The normalized spacial score (nSPS) is 15.1. The maximum absolute atomic E-state index is 12.7. The van der Waals surface area contributed by atoms with Crippen LogP contribution in [0.25, 0.3) is 0 Å². The second-order valence-corrected chi connectivity index (χ2v) is 11.7. The van der Waals surface area contributed by atoms with Crippen LogP contribution in [0.4, 0.5) is 5.69 Å². The number of nitrogens with zero attached hydrogens (tertiary/aromatic N) is 1. The van der Waals surface area contributed by atoms with Crippen molar-refractivity contribution in [3.05, 3.63) is 47.3 Å². The first kappa shape index (κ1) is 24.7. The van der Waals surface area contributed by atoms with Gasteiger partial charge in [-0.2, -0.15) is 0 Å². The topological polar surface area (TPSA) is 125 Å². The number of hydrazine groups is 1. The fourth-order valence-electron chi connectivity index (χ4n) is 3.49. The lowest BCUT2D eigenvalue weighted by Crippen LogP contribution is -2.49. The molecule has 0 unspecified atom stereocenters. The lowest BCUT2D eigenvalue weighted by atomic mass is 9.91. The van der Waals surface area contributed by atoms with Crippen molar-refractivity contribution >= 4 is 44.8 Å². The van der Waals surface area contributed by atoms with Gasteiger partial charge in [0, 0.05) is 24.4 Å². The number of piperidine rings is 1. The molecule has 0 aliphatic carbocycles. The molecule has 1 aromatic heterocycles. The molecule has 33 heavy (non-hydrogen) atoms. The molecule has 0 spiro atoms. The van der Waals surface area contributed by atoms with E-state index in [1.807, 2.05) is 20.8 Å². The molecule has 2 aromatic rings. The lowest BCUT2D eigenvalue weighted by Gasteiger charge is -2.35. The van der Waals surface area contributed by atoms with Gasteiger partial charge in [-0.3, -0.25) is 30.0 Å². The monoisotopic (exact) mass is 492 g/mol. The van der Waals surface area contributed by atoms with Gasteiger partial charge in [0.25, 0.3) is 15.9 Å². The molecule has 2 heterocycles. The molecule has 0 atom stereocenters. The number of hydrogen-bond acceptors (Lipinski definition) is 6. The lowest BCUT2D eigenvalue weighted by molar-refractivity contribution is -0.142. The first-order valence-electron chi connectivity index (χ1n) is 10.5. The molecule has 1 saturated heterocycles. The number of nitrogens with one attached hydrogen (secondary N) is 3. The number of hydrogen-bond donors (Lipinski definition) is 3. The molecule has 3 rings (SSSR count). The molecule has 1 aromatic carbocycles. The Morgan fingerprint density at radius 3 is 2.27 bits per heavy atom. The van der Waals surface area contributed by atoms with E-state index in [2.05, 4.69) is 15.6 Å². The van der Waals surface area contributed by atoms with Crippen molar-refractivity contribution in [2.75, 3.05) is 17.8 Å².